The number of aromatic nitrogens is 2. The van der Waals surface area contributed by atoms with Gasteiger partial charge in [-0.2, -0.15) is 10.4 Å². The van der Waals surface area contributed by atoms with E-state index in [2.05, 4.69) is 16.5 Å². The van der Waals surface area contributed by atoms with E-state index in [-0.39, 0.29) is 29.2 Å². The van der Waals surface area contributed by atoms with Gasteiger partial charge in [-0.25, -0.2) is 9.18 Å². The average molecular weight is 469 g/mol. The molecule has 180 valence electrons. The number of anilines is 2. The van der Waals surface area contributed by atoms with E-state index >= 15 is 0 Å². The third-order valence-electron chi connectivity index (χ3n) is 7.17. The number of hydrogen-bond donors (Lipinski definition) is 3. The Bertz CT molecular complexity index is 1090. The molecule has 2 aromatic rings. The number of amides is 2. The Morgan fingerprint density at radius 1 is 1.18 bits per heavy atom. The summed E-state index contributed by atoms with van der Waals surface area (Å²) in [5.74, 6) is -1.15. The normalized spacial score (nSPS) is 24.1. The van der Waals surface area contributed by atoms with Gasteiger partial charge in [0.05, 0.1) is 18.0 Å². The van der Waals surface area contributed by atoms with Crippen LogP contribution in [0.4, 0.5) is 20.7 Å². The van der Waals surface area contributed by atoms with Gasteiger partial charge in [0.2, 0.25) is 0 Å². The van der Waals surface area contributed by atoms with E-state index in [9.17, 15) is 19.2 Å². The van der Waals surface area contributed by atoms with E-state index in [1.165, 1.54) is 24.3 Å². The summed E-state index contributed by atoms with van der Waals surface area (Å²) in [4.78, 5) is 23.7. The summed E-state index contributed by atoms with van der Waals surface area (Å²) >= 11 is 0. The van der Waals surface area contributed by atoms with Crippen molar-refractivity contribution in [1.82, 2.24) is 9.78 Å². The van der Waals surface area contributed by atoms with Crippen LogP contribution in [0.5, 0.6) is 0 Å². The molecule has 0 spiro atoms. The van der Waals surface area contributed by atoms with Crippen molar-refractivity contribution in [2.75, 3.05) is 5.32 Å². The number of carbonyl (C=O) groups excluding carboxylic acids is 2. The Morgan fingerprint density at radius 2 is 1.88 bits per heavy atom. The van der Waals surface area contributed by atoms with Crippen LogP contribution in [0.25, 0.3) is 0 Å². The lowest BCUT2D eigenvalue weighted by Gasteiger charge is -2.46. The van der Waals surface area contributed by atoms with Gasteiger partial charge in [-0.15, -0.1) is 0 Å². The van der Waals surface area contributed by atoms with Crippen molar-refractivity contribution in [1.29, 1.82) is 5.26 Å². The van der Waals surface area contributed by atoms with E-state index in [1.54, 1.807) is 10.9 Å². The highest BCUT2D eigenvalue weighted by Crippen LogP contribution is 2.48. The topological polar surface area (TPSA) is 149 Å². The minimum absolute atomic E-state index is 0.0317. The van der Waals surface area contributed by atoms with E-state index in [1.807, 2.05) is 0 Å². The Morgan fingerprint density at radius 3 is 2.50 bits per heavy atom. The first-order chi connectivity index (χ1) is 16.3. The summed E-state index contributed by atoms with van der Waals surface area (Å²) in [7, 11) is 0. The van der Waals surface area contributed by atoms with Crippen LogP contribution in [-0.4, -0.2) is 27.4 Å². The maximum absolute atomic E-state index is 13.2. The average Bonchev–Trinajstić information content (AvgIpc) is 3.24. The molecule has 4 rings (SSSR count). The molecule has 1 aromatic heterocycles. The summed E-state index contributed by atoms with van der Waals surface area (Å²) in [6, 6.07) is 7.79. The molecule has 0 bridgehead atoms. The summed E-state index contributed by atoms with van der Waals surface area (Å²) in [6.07, 6.45) is 7.21. The van der Waals surface area contributed by atoms with Crippen LogP contribution in [0.2, 0.25) is 0 Å². The van der Waals surface area contributed by atoms with Gasteiger partial charge in [0.1, 0.15) is 17.0 Å². The van der Waals surface area contributed by atoms with E-state index in [0.29, 0.717) is 18.5 Å². The Labute approximate surface area is 197 Å². The molecule has 2 amide bonds. The first-order valence-electron chi connectivity index (χ1n) is 11.6. The molecular formula is C24H29FN6O3. The number of nitriles is 1. The lowest BCUT2D eigenvalue weighted by molar-refractivity contribution is -0.0758. The van der Waals surface area contributed by atoms with Crippen molar-refractivity contribution in [3.05, 3.63) is 41.8 Å². The number of carbonyl (C=O) groups is 2. The molecule has 3 unspecified atom stereocenters. The summed E-state index contributed by atoms with van der Waals surface area (Å²) < 4.78 is 20.6. The van der Waals surface area contributed by atoms with Crippen molar-refractivity contribution >= 4 is 23.5 Å². The van der Waals surface area contributed by atoms with Crippen molar-refractivity contribution in [3.8, 4) is 6.07 Å². The number of hydrogen-bond acceptors (Lipinski definition) is 6. The molecule has 2 saturated carbocycles. The molecule has 0 aliphatic heterocycles. The number of nitrogens with zero attached hydrogens (tertiary/aromatic N) is 3. The fourth-order valence-corrected chi connectivity index (χ4v) is 5.54. The zero-order chi connectivity index (χ0) is 24.3. The smallest absolute Gasteiger partial charge is 0.405 e. The maximum atomic E-state index is 13.2. The maximum Gasteiger partial charge on any atom is 0.405 e. The van der Waals surface area contributed by atoms with Crippen molar-refractivity contribution in [2.24, 2.45) is 23.3 Å². The van der Waals surface area contributed by atoms with Crippen molar-refractivity contribution < 1.29 is 18.7 Å². The molecule has 2 fully saturated rings. The van der Waals surface area contributed by atoms with E-state index in [4.69, 9.17) is 16.2 Å². The Hall–Kier alpha value is -3.61. The second-order valence-corrected chi connectivity index (χ2v) is 9.23. The van der Waals surface area contributed by atoms with Gasteiger partial charge >= 0.3 is 6.09 Å². The predicted octanol–water partition coefficient (Wildman–Crippen LogP) is 4.14. The standard InChI is InChI=1S/C24H29FN6O3/c25-17-5-7-18(8-6-17)29-22-19(21(27)32)14-31(30-22)20-9-4-16(12-15(20)13-26)24(34-23(28)33)10-2-1-3-11-24/h5-8,14-16,20H,1-4,9-12H2,(H2,27,32)(H2,28,33)(H,29,30). The van der Waals surface area contributed by atoms with Crippen LogP contribution in [0.3, 0.4) is 0 Å². The number of primary amides is 2. The fourth-order valence-electron chi connectivity index (χ4n) is 5.54. The number of ether oxygens (including phenoxy) is 1. The third kappa shape index (κ3) is 4.83. The van der Waals surface area contributed by atoms with Gasteiger partial charge in [0.15, 0.2) is 5.82 Å². The van der Waals surface area contributed by atoms with Crippen molar-refractivity contribution in [3.63, 3.8) is 0 Å². The molecule has 10 heteroatoms. The summed E-state index contributed by atoms with van der Waals surface area (Å²) in [5.41, 5.74) is 11.1. The second kappa shape index (κ2) is 9.71. The highest BCUT2D eigenvalue weighted by Gasteiger charge is 2.47. The van der Waals surface area contributed by atoms with Crippen LogP contribution in [-0.2, 0) is 4.74 Å². The lowest BCUT2D eigenvalue weighted by Crippen LogP contribution is -2.48. The van der Waals surface area contributed by atoms with Gasteiger partial charge in [0.25, 0.3) is 5.91 Å². The minimum atomic E-state index is -0.771. The third-order valence-corrected chi connectivity index (χ3v) is 7.17. The molecule has 1 heterocycles. The zero-order valence-electron chi connectivity index (χ0n) is 18.9. The quantitative estimate of drug-likeness (QED) is 0.580. The number of nitrogens with two attached hydrogens (primary N) is 2. The first-order valence-corrected chi connectivity index (χ1v) is 11.6. The Kier molecular flexibility index (Phi) is 6.72. The number of halogens is 1. The molecule has 3 atom stereocenters. The van der Waals surface area contributed by atoms with E-state index < -0.39 is 23.5 Å². The van der Waals surface area contributed by atoms with Gasteiger partial charge in [0, 0.05) is 17.8 Å². The van der Waals surface area contributed by atoms with Crippen LogP contribution in [0, 0.1) is 29.0 Å². The fraction of sp³-hybridized carbons (Fsp3) is 0.500. The van der Waals surface area contributed by atoms with E-state index in [0.717, 1.165) is 38.5 Å². The van der Waals surface area contributed by atoms with Crippen LogP contribution >= 0.6 is 0 Å². The molecular weight excluding hydrogens is 439 g/mol. The first kappa shape index (κ1) is 23.5. The van der Waals surface area contributed by atoms with Crippen molar-refractivity contribution in [2.45, 2.75) is 63.0 Å². The van der Waals surface area contributed by atoms with Gasteiger partial charge in [-0.05, 0) is 69.2 Å². The predicted molar refractivity (Wildman–Crippen MR) is 122 cm³/mol. The molecule has 0 saturated heterocycles. The SMILES string of the molecule is N#CC1CC(C2(OC(N)=O)CCCCC2)CCC1n1cc(C(N)=O)c(Nc2ccc(F)cc2)n1. The molecule has 2 aliphatic rings. The lowest BCUT2D eigenvalue weighted by atomic mass is 9.66. The van der Waals surface area contributed by atoms with Gasteiger partial charge < -0.3 is 21.5 Å². The largest absolute Gasteiger partial charge is 0.443 e. The number of rotatable bonds is 6. The molecule has 34 heavy (non-hydrogen) atoms. The second-order valence-electron chi connectivity index (χ2n) is 9.23. The van der Waals surface area contributed by atoms with Gasteiger partial charge in [-0.3, -0.25) is 9.48 Å². The van der Waals surface area contributed by atoms with Crippen LogP contribution in [0.1, 0.15) is 67.8 Å². The molecule has 5 N–H and O–H groups in total. The molecule has 9 nitrogen and oxygen atoms in total. The molecule has 1 aromatic carbocycles. The Balaban J connectivity index is 1.56. The molecule has 0 radical (unpaired) electrons. The van der Waals surface area contributed by atoms with Crippen LogP contribution < -0.4 is 16.8 Å². The van der Waals surface area contributed by atoms with Crippen LogP contribution in [0.15, 0.2) is 30.5 Å². The molecule has 2 aliphatic carbocycles. The highest BCUT2D eigenvalue weighted by atomic mass is 19.1. The monoisotopic (exact) mass is 468 g/mol. The van der Waals surface area contributed by atoms with Gasteiger partial charge in [-0.1, -0.05) is 6.42 Å². The number of benzene rings is 1. The number of nitrogens with one attached hydrogen (secondary N) is 1. The minimum Gasteiger partial charge on any atom is -0.443 e. The highest BCUT2D eigenvalue weighted by molar-refractivity contribution is 5.98. The summed E-state index contributed by atoms with van der Waals surface area (Å²) in [5, 5.41) is 17.5. The summed E-state index contributed by atoms with van der Waals surface area (Å²) in [6.45, 7) is 0. The zero-order valence-corrected chi connectivity index (χ0v) is 18.9.